The van der Waals surface area contributed by atoms with E-state index >= 15 is 0 Å². The highest BCUT2D eigenvalue weighted by molar-refractivity contribution is 9.10. The van der Waals surface area contributed by atoms with Gasteiger partial charge in [0.25, 0.3) is 0 Å². The molecule has 0 spiro atoms. The summed E-state index contributed by atoms with van der Waals surface area (Å²) < 4.78 is 27.2. The van der Waals surface area contributed by atoms with Gasteiger partial charge >= 0.3 is 0 Å². The lowest BCUT2D eigenvalue weighted by atomic mass is 10.1. The molecule has 0 amide bonds. The summed E-state index contributed by atoms with van der Waals surface area (Å²) in [7, 11) is -3.47. The molecule has 0 saturated carbocycles. The van der Waals surface area contributed by atoms with Gasteiger partial charge in [0.1, 0.15) is 0 Å². The van der Waals surface area contributed by atoms with Gasteiger partial charge in [-0.05, 0) is 30.5 Å². The van der Waals surface area contributed by atoms with Crippen LogP contribution in [0.4, 0.5) is 0 Å². The fraction of sp³-hybridized carbons (Fsp3) is 0.500. The molecule has 1 aromatic carbocycles. The molecular formula is C12H19BrN2O2S. The second kappa shape index (κ2) is 6.65. The Balaban J connectivity index is 2.66. The number of hydrogen-bond acceptors (Lipinski definition) is 3. The maximum absolute atomic E-state index is 12.0. The van der Waals surface area contributed by atoms with Crippen LogP contribution >= 0.6 is 15.9 Å². The van der Waals surface area contributed by atoms with Crippen LogP contribution in [0, 0.1) is 5.92 Å². The number of nitrogens with one attached hydrogen (secondary N) is 1. The van der Waals surface area contributed by atoms with Crippen molar-refractivity contribution in [1.29, 1.82) is 0 Å². The third-order valence-electron chi connectivity index (χ3n) is 2.42. The van der Waals surface area contributed by atoms with Crippen LogP contribution in [0.3, 0.4) is 0 Å². The molecule has 1 rings (SSSR count). The van der Waals surface area contributed by atoms with Crippen LogP contribution in [-0.2, 0) is 10.0 Å². The highest BCUT2D eigenvalue weighted by Crippen LogP contribution is 2.15. The topological polar surface area (TPSA) is 72.2 Å². The normalized spacial score (nSPS) is 13.8. The zero-order valence-corrected chi connectivity index (χ0v) is 13.0. The van der Waals surface area contributed by atoms with E-state index in [0.29, 0.717) is 5.92 Å². The smallest absolute Gasteiger partial charge is 0.240 e. The molecule has 4 nitrogen and oxygen atoms in total. The summed E-state index contributed by atoms with van der Waals surface area (Å²) in [5.74, 6) is 0.454. The van der Waals surface area contributed by atoms with Gasteiger partial charge in [0.2, 0.25) is 10.0 Å². The third kappa shape index (κ3) is 5.06. The molecule has 0 aromatic heterocycles. The van der Waals surface area contributed by atoms with Gasteiger partial charge in [-0.15, -0.1) is 0 Å². The van der Waals surface area contributed by atoms with E-state index < -0.39 is 10.0 Å². The Morgan fingerprint density at radius 2 is 2.06 bits per heavy atom. The van der Waals surface area contributed by atoms with Crippen LogP contribution in [0.15, 0.2) is 33.6 Å². The number of sulfonamides is 1. The predicted molar refractivity (Wildman–Crippen MR) is 76.8 cm³/mol. The minimum atomic E-state index is -3.47. The molecule has 0 aliphatic heterocycles. The van der Waals surface area contributed by atoms with Crippen molar-refractivity contribution in [3.8, 4) is 0 Å². The Morgan fingerprint density at radius 3 is 2.61 bits per heavy atom. The first-order valence-electron chi connectivity index (χ1n) is 5.82. The van der Waals surface area contributed by atoms with E-state index in [4.69, 9.17) is 5.73 Å². The van der Waals surface area contributed by atoms with Crippen LogP contribution in [0.2, 0.25) is 0 Å². The predicted octanol–water partition coefficient (Wildman–Crippen LogP) is 2.10. The lowest BCUT2D eigenvalue weighted by molar-refractivity contribution is 0.486. The molecule has 0 saturated heterocycles. The average Bonchev–Trinajstić information content (AvgIpc) is 2.26. The maximum Gasteiger partial charge on any atom is 0.240 e. The Bertz CT molecular complexity index is 489. The second-order valence-electron chi connectivity index (χ2n) is 4.70. The first-order chi connectivity index (χ1) is 8.31. The van der Waals surface area contributed by atoms with Crippen molar-refractivity contribution in [2.75, 3.05) is 6.54 Å². The van der Waals surface area contributed by atoms with E-state index in [-0.39, 0.29) is 17.5 Å². The maximum atomic E-state index is 12.0. The molecular weight excluding hydrogens is 316 g/mol. The van der Waals surface area contributed by atoms with Gasteiger partial charge in [-0.25, -0.2) is 13.1 Å². The average molecular weight is 335 g/mol. The second-order valence-corrected chi connectivity index (χ2v) is 7.38. The van der Waals surface area contributed by atoms with Crippen molar-refractivity contribution >= 4 is 26.0 Å². The third-order valence-corrected chi connectivity index (χ3v) is 4.33. The zero-order chi connectivity index (χ0) is 13.8. The van der Waals surface area contributed by atoms with Crippen LogP contribution in [0.25, 0.3) is 0 Å². The molecule has 1 aromatic rings. The van der Waals surface area contributed by atoms with Gasteiger partial charge in [-0.3, -0.25) is 0 Å². The summed E-state index contributed by atoms with van der Waals surface area (Å²) in [5.41, 5.74) is 5.85. The molecule has 0 heterocycles. The Hall–Kier alpha value is -0.430. The molecule has 0 aliphatic rings. The molecule has 102 valence electrons. The van der Waals surface area contributed by atoms with Crippen LogP contribution < -0.4 is 10.5 Å². The molecule has 0 radical (unpaired) electrons. The number of benzene rings is 1. The van der Waals surface area contributed by atoms with Crippen molar-refractivity contribution < 1.29 is 8.42 Å². The van der Waals surface area contributed by atoms with Crippen molar-refractivity contribution in [3.63, 3.8) is 0 Å². The van der Waals surface area contributed by atoms with Crippen molar-refractivity contribution in [1.82, 2.24) is 4.72 Å². The first kappa shape index (κ1) is 15.6. The van der Waals surface area contributed by atoms with Crippen LogP contribution in [0.5, 0.6) is 0 Å². The lowest BCUT2D eigenvalue weighted by Gasteiger charge is -2.15. The molecule has 3 N–H and O–H groups in total. The summed E-state index contributed by atoms with van der Waals surface area (Å²) in [4.78, 5) is 0.244. The van der Waals surface area contributed by atoms with Gasteiger partial charge in [0.15, 0.2) is 0 Å². The van der Waals surface area contributed by atoms with E-state index in [1.54, 1.807) is 24.3 Å². The molecule has 0 fully saturated rings. The highest BCUT2D eigenvalue weighted by Gasteiger charge is 2.15. The van der Waals surface area contributed by atoms with Gasteiger partial charge in [-0.1, -0.05) is 35.8 Å². The number of nitrogens with two attached hydrogens (primary N) is 1. The number of halogens is 1. The van der Waals surface area contributed by atoms with E-state index in [0.717, 1.165) is 10.9 Å². The Morgan fingerprint density at radius 1 is 1.39 bits per heavy atom. The largest absolute Gasteiger partial charge is 0.327 e. The summed E-state index contributed by atoms with van der Waals surface area (Å²) in [6, 6.07) is 6.43. The summed E-state index contributed by atoms with van der Waals surface area (Å²) in [5, 5.41) is 0. The fourth-order valence-electron chi connectivity index (χ4n) is 1.62. The SMILES string of the molecule is CC(C)CC(N)CNS(=O)(=O)c1cccc(Br)c1. The Kier molecular flexibility index (Phi) is 5.78. The zero-order valence-electron chi connectivity index (χ0n) is 10.6. The van der Waals surface area contributed by atoms with Crippen LogP contribution in [-0.4, -0.2) is 21.0 Å². The molecule has 1 unspecified atom stereocenters. The minimum absolute atomic E-state index is 0.160. The van der Waals surface area contributed by atoms with Crippen molar-refractivity contribution in [2.45, 2.75) is 31.2 Å². The summed E-state index contributed by atoms with van der Waals surface area (Å²) in [6.07, 6.45) is 0.793. The van der Waals surface area contributed by atoms with E-state index in [1.807, 2.05) is 0 Å². The standard InChI is InChI=1S/C12H19BrN2O2S/c1-9(2)6-11(14)8-15-18(16,17)12-5-3-4-10(13)7-12/h3-5,7,9,11,15H,6,8,14H2,1-2H3. The molecule has 0 bridgehead atoms. The van der Waals surface area contributed by atoms with Crippen molar-refractivity contribution in [2.24, 2.45) is 11.7 Å². The van der Waals surface area contributed by atoms with E-state index in [1.165, 1.54) is 0 Å². The monoisotopic (exact) mass is 334 g/mol. The van der Waals surface area contributed by atoms with Gasteiger partial charge in [-0.2, -0.15) is 0 Å². The molecule has 0 aliphatic carbocycles. The Labute approximate surface area is 117 Å². The van der Waals surface area contributed by atoms with Gasteiger partial charge < -0.3 is 5.73 Å². The molecule has 18 heavy (non-hydrogen) atoms. The summed E-state index contributed by atoms with van der Waals surface area (Å²) in [6.45, 7) is 4.37. The number of rotatable bonds is 6. The fourth-order valence-corrected chi connectivity index (χ4v) is 3.31. The van der Waals surface area contributed by atoms with E-state index in [9.17, 15) is 8.42 Å². The highest BCUT2D eigenvalue weighted by atomic mass is 79.9. The van der Waals surface area contributed by atoms with Crippen molar-refractivity contribution in [3.05, 3.63) is 28.7 Å². The minimum Gasteiger partial charge on any atom is -0.327 e. The van der Waals surface area contributed by atoms with Crippen LogP contribution in [0.1, 0.15) is 20.3 Å². The van der Waals surface area contributed by atoms with Gasteiger partial charge in [0, 0.05) is 17.1 Å². The van der Waals surface area contributed by atoms with E-state index in [2.05, 4.69) is 34.5 Å². The number of hydrogen-bond donors (Lipinski definition) is 2. The van der Waals surface area contributed by atoms with Gasteiger partial charge in [0.05, 0.1) is 4.90 Å². The molecule has 6 heteroatoms. The summed E-state index contributed by atoms with van der Waals surface area (Å²) >= 11 is 3.25. The molecule has 1 atom stereocenters. The first-order valence-corrected chi connectivity index (χ1v) is 8.09. The quantitative estimate of drug-likeness (QED) is 0.836. The lowest BCUT2D eigenvalue weighted by Crippen LogP contribution is -2.37.